The lowest BCUT2D eigenvalue weighted by molar-refractivity contribution is 0.301. The molecule has 1 aliphatic heterocycles. The molecule has 2 aliphatic rings. The standard InChI is InChI=1S/C14H27N/c1-2-13-10-11-15-14(13)9-8-12-6-4-3-5-7-12/h12-15H,2-11H2,1H3. The molecule has 1 N–H and O–H groups in total. The van der Waals surface area contributed by atoms with Crippen molar-refractivity contribution in [3.8, 4) is 0 Å². The molecule has 1 heteroatoms. The summed E-state index contributed by atoms with van der Waals surface area (Å²) in [5.41, 5.74) is 0. The van der Waals surface area contributed by atoms with Crippen LogP contribution in [0.15, 0.2) is 0 Å². The van der Waals surface area contributed by atoms with Gasteiger partial charge in [0.2, 0.25) is 0 Å². The van der Waals surface area contributed by atoms with Crippen LogP contribution in [-0.4, -0.2) is 12.6 Å². The maximum absolute atomic E-state index is 3.70. The van der Waals surface area contributed by atoms with Crippen LogP contribution in [0.2, 0.25) is 0 Å². The quantitative estimate of drug-likeness (QED) is 0.744. The molecule has 2 fully saturated rings. The molecule has 0 spiro atoms. The monoisotopic (exact) mass is 209 g/mol. The summed E-state index contributed by atoms with van der Waals surface area (Å²) in [6.45, 7) is 3.62. The molecule has 88 valence electrons. The maximum Gasteiger partial charge on any atom is 0.00958 e. The molecule has 0 amide bonds. The van der Waals surface area contributed by atoms with Gasteiger partial charge in [-0.1, -0.05) is 45.4 Å². The summed E-state index contributed by atoms with van der Waals surface area (Å²) in [6, 6.07) is 0.858. The zero-order valence-electron chi connectivity index (χ0n) is 10.3. The van der Waals surface area contributed by atoms with E-state index in [0.717, 1.165) is 17.9 Å². The van der Waals surface area contributed by atoms with E-state index in [1.807, 2.05) is 0 Å². The Kier molecular flexibility index (Phi) is 4.49. The second-order valence-corrected chi connectivity index (χ2v) is 5.60. The van der Waals surface area contributed by atoms with Crippen LogP contribution in [0, 0.1) is 11.8 Å². The normalized spacial score (nSPS) is 33.4. The minimum atomic E-state index is 0.858. The van der Waals surface area contributed by atoms with Crippen molar-refractivity contribution in [3.05, 3.63) is 0 Å². The molecule has 1 nitrogen and oxygen atoms in total. The van der Waals surface area contributed by atoms with Crippen molar-refractivity contribution in [3.63, 3.8) is 0 Å². The first-order valence-corrected chi connectivity index (χ1v) is 7.13. The van der Waals surface area contributed by atoms with Gasteiger partial charge in [-0.25, -0.2) is 0 Å². The van der Waals surface area contributed by atoms with Gasteiger partial charge >= 0.3 is 0 Å². The van der Waals surface area contributed by atoms with Gasteiger partial charge in [0.15, 0.2) is 0 Å². The van der Waals surface area contributed by atoms with Crippen LogP contribution in [0.25, 0.3) is 0 Å². The molecule has 0 radical (unpaired) electrons. The van der Waals surface area contributed by atoms with E-state index in [2.05, 4.69) is 12.2 Å². The first kappa shape index (κ1) is 11.4. The first-order valence-electron chi connectivity index (χ1n) is 7.13. The van der Waals surface area contributed by atoms with Crippen LogP contribution in [0.4, 0.5) is 0 Å². The summed E-state index contributed by atoms with van der Waals surface area (Å²) < 4.78 is 0. The highest BCUT2D eigenvalue weighted by Crippen LogP contribution is 2.30. The number of hydrogen-bond donors (Lipinski definition) is 1. The fourth-order valence-electron chi connectivity index (χ4n) is 3.54. The fraction of sp³-hybridized carbons (Fsp3) is 1.00. The molecule has 1 aliphatic carbocycles. The van der Waals surface area contributed by atoms with Gasteiger partial charge in [-0.15, -0.1) is 0 Å². The number of rotatable bonds is 4. The summed E-state index contributed by atoms with van der Waals surface area (Å²) in [7, 11) is 0. The van der Waals surface area contributed by atoms with Crippen molar-refractivity contribution < 1.29 is 0 Å². The second kappa shape index (κ2) is 5.89. The number of hydrogen-bond acceptors (Lipinski definition) is 1. The molecule has 2 rings (SSSR count). The zero-order chi connectivity index (χ0) is 10.5. The Labute approximate surface area is 95.0 Å². The Morgan fingerprint density at radius 2 is 1.80 bits per heavy atom. The van der Waals surface area contributed by atoms with Crippen LogP contribution in [-0.2, 0) is 0 Å². The van der Waals surface area contributed by atoms with Crippen molar-refractivity contribution in [2.75, 3.05) is 6.54 Å². The Morgan fingerprint density at radius 3 is 2.53 bits per heavy atom. The predicted octanol–water partition coefficient (Wildman–Crippen LogP) is 3.74. The molecule has 2 unspecified atom stereocenters. The predicted molar refractivity (Wildman–Crippen MR) is 66.0 cm³/mol. The van der Waals surface area contributed by atoms with E-state index in [4.69, 9.17) is 0 Å². The third-order valence-corrected chi connectivity index (χ3v) is 4.63. The minimum absolute atomic E-state index is 0.858. The Bertz CT molecular complexity index is 172. The molecule has 0 aromatic heterocycles. The zero-order valence-corrected chi connectivity index (χ0v) is 10.3. The van der Waals surface area contributed by atoms with Gasteiger partial charge in [0.1, 0.15) is 0 Å². The van der Waals surface area contributed by atoms with Crippen molar-refractivity contribution in [1.29, 1.82) is 0 Å². The summed E-state index contributed by atoms with van der Waals surface area (Å²) in [5, 5.41) is 3.70. The number of nitrogens with one attached hydrogen (secondary N) is 1. The van der Waals surface area contributed by atoms with E-state index in [1.54, 1.807) is 0 Å². The van der Waals surface area contributed by atoms with Gasteiger partial charge in [0, 0.05) is 6.04 Å². The smallest absolute Gasteiger partial charge is 0.00958 e. The van der Waals surface area contributed by atoms with E-state index in [0.29, 0.717) is 0 Å². The van der Waals surface area contributed by atoms with Crippen LogP contribution in [0.1, 0.15) is 64.7 Å². The Hall–Kier alpha value is -0.0400. The van der Waals surface area contributed by atoms with Crippen molar-refractivity contribution in [1.82, 2.24) is 5.32 Å². The summed E-state index contributed by atoms with van der Waals surface area (Å²) >= 11 is 0. The van der Waals surface area contributed by atoms with E-state index in [-0.39, 0.29) is 0 Å². The van der Waals surface area contributed by atoms with Crippen molar-refractivity contribution in [2.45, 2.75) is 70.8 Å². The van der Waals surface area contributed by atoms with Crippen LogP contribution in [0.3, 0.4) is 0 Å². The molecule has 15 heavy (non-hydrogen) atoms. The van der Waals surface area contributed by atoms with Gasteiger partial charge in [0.25, 0.3) is 0 Å². The highest BCUT2D eigenvalue weighted by Gasteiger charge is 2.25. The Morgan fingerprint density at radius 1 is 1.00 bits per heavy atom. The first-order chi connectivity index (χ1) is 7.40. The average molecular weight is 209 g/mol. The SMILES string of the molecule is CCC1CCNC1CCC1CCCCC1. The molecule has 1 saturated carbocycles. The third kappa shape index (κ3) is 3.21. The molecular weight excluding hydrogens is 182 g/mol. The fourth-order valence-corrected chi connectivity index (χ4v) is 3.54. The molecular formula is C14H27N. The van der Waals surface area contributed by atoms with Crippen LogP contribution < -0.4 is 5.32 Å². The summed E-state index contributed by atoms with van der Waals surface area (Å²) in [5.74, 6) is 2.05. The molecule has 1 heterocycles. The largest absolute Gasteiger partial charge is 0.314 e. The van der Waals surface area contributed by atoms with E-state index >= 15 is 0 Å². The molecule has 0 aromatic rings. The second-order valence-electron chi connectivity index (χ2n) is 5.60. The van der Waals surface area contributed by atoms with Gasteiger partial charge in [0.05, 0.1) is 0 Å². The van der Waals surface area contributed by atoms with Gasteiger partial charge in [-0.05, 0) is 37.6 Å². The van der Waals surface area contributed by atoms with E-state index < -0.39 is 0 Å². The van der Waals surface area contributed by atoms with Crippen molar-refractivity contribution >= 4 is 0 Å². The molecule has 0 bridgehead atoms. The maximum atomic E-state index is 3.70. The Balaban J connectivity index is 1.67. The van der Waals surface area contributed by atoms with Gasteiger partial charge in [-0.3, -0.25) is 0 Å². The lowest BCUT2D eigenvalue weighted by Crippen LogP contribution is -2.27. The lowest BCUT2D eigenvalue weighted by atomic mass is 9.83. The van der Waals surface area contributed by atoms with E-state index in [9.17, 15) is 0 Å². The summed E-state index contributed by atoms with van der Waals surface area (Å²) in [6.07, 6.45) is 13.3. The third-order valence-electron chi connectivity index (χ3n) is 4.63. The highest BCUT2D eigenvalue weighted by molar-refractivity contribution is 4.83. The lowest BCUT2D eigenvalue weighted by Gasteiger charge is -2.24. The van der Waals surface area contributed by atoms with Crippen LogP contribution in [0.5, 0.6) is 0 Å². The molecule has 1 saturated heterocycles. The van der Waals surface area contributed by atoms with Gasteiger partial charge < -0.3 is 5.32 Å². The van der Waals surface area contributed by atoms with Crippen LogP contribution >= 0.6 is 0 Å². The summed E-state index contributed by atoms with van der Waals surface area (Å²) in [4.78, 5) is 0. The molecule has 0 aromatic carbocycles. The topological polar surface area (TPSA) is 12.0 Å². The van der Waals surface area contributed by atoms with E-state index in [1.165, 1.54) is 64.3 Å². The van der Waals surface area contributed by atoms with Crippen molar-refractivity contribution in [2.24, 2.45) is 11.8 Å². The molecule has 2 atom stereocenters. The van der Waals surface area contributed by atoms with Gasteiger partial charge in [-0.2, -0.15) is 0 Å². The highest BCUT2D eigenvalue weighted by atomic mass is 14.9. The average Bonchev–Trinajstić information content (AvgIpc) is 2.75. The minimum Gasteiger partial charge on any atom is -0.314 e.